The molecule has 0 fully saturated rings. The number of nitrogens with zero attached hydrogens (tertiary/aromatic N) is 2. The van der Waals surface area contributed by atoms with Crippen LogP contribution in [0.15, 0.2) is 12.5 Å². The molecule has 0 bridgehead atoms. The van der Waals surface area contributed by atoms with Gasteiger partial charge in [0.15, 0.2) is 0 Å². The van der Waals surface area contributed by atoms with Crippen LogP contribution in [-0.4, -0.2) is 20.6 Å². The van der Waals surface area contributed by atoms with Crippen molar-refractivity contribution >= 4 is 5.97 Å². The van der Waals surface area contributed by atoms with Crippen molar-refractivity contribution in [3.63, 3.8) is 0 Å². The quantitative estimate of drug-likeness (QED) is 0.694. The lowest BCUT2D eigenvalue weighted by molar-refractivity contribution is -0.138. The molecule has 0 aliphatic heterocycles. The number of hydrogen-bond donors (Lipinski definition) is 2. The first kappa shape index (κ1) is 9.73. The summed E-state index contributed by atoms with van der Waals surface area (Å²) in [5.41, 5.74) is 5.70. The van der Waals surface area contributed by atoms with E-state index in [1.807, 2.05) is 0 Å². The molecule has 0 radical (unpaired) electrons. The number of imidazole rings is 1. The highest BCUT2D eigenvalue weighted by atomic mass is 16.4. The number of rotatable bonds is 3. The molecule has 0 saturated carbocycles. The molecular weight excluding hydrogens is 170 g/mol. The van der Waals surface area contributed by atoms with Crippen molar-refractivity contribution < 1.29 is 9.90 Å². The second kappa shape index (κ2) is 3.18. The number of carbonyl (C=O) groups is 1. The summed E-state index contributed by atoms with van der Waals surface area (Å²) in [6, 6.07) is 0. The van der Waals surface area contributed by atoms with Gasteiger partial charge >= 0.3 is 5.97 Å². The van der Waals surface area contributed by atoms with Crippen LogP contribution in [-0.2, 0) is 17.4 Å². The predicted octanol–water partition coefficient (Wildman–Crippen LogP) is 0.0687. The molecule has 0 aliphatic rings. The van der Waals surface area contributed by atoms with Crippen molar-refractivity contribution in [2.45, 2.75) is 18.9 Å². The van der Waals surface area contributed by atoms with Gasteiger partial charge in [-0.3, -0.25) is 4.79 Å². The minimum absolute atomic E-state index is 0.105. The molecule has 1 aromatic heterocycles. The van der Waals surface area contributed by atoms with E-state index in [1.165, 1.54) is 0 Å². The van der Waals surface area contributed by atoms with Crippen LogP contribution in [0.3, 0.4) is 0 Å². The average molecular weight is 183 g/mol. The number of aliphatic carboxylic acids is 1. The van der Waals surface area contributed by atoms with Crippen LogP contribution in [0, 0.1) is 0 Å². The molecule has 0 aromatic carbocycles. The zero-order valence-corrected chi connectivity index (χ0v) is 7.69. The lowest BCUT2D eigenvalue weighted by Gasteiger charge is -2.22. The Labute approximate surface area is 76.2 Å². The second-order valence-electron chi connectivity index (χ2n) is 3.38. The first-order chi connectivity index (χ1) is 5.93. The molecule has 0 saturated heterocycles. The Morgan fingerprint density at radius 2 is 2.46 bits per heavy atom. The number of nitrogens with two attached hydrogens (primary N) is 1. The summed E-state index contributed by atoms with van der Waals surface area (Å²) in [6.45, 7) is 1.68. The van der Waals surface area contributed by atoms with Gasteiger partial charge in [-0.15, -0.1) is 0 Å². The summed E-state index contributed by atoms with van der Waals surface area (Å²) in [6.07, 6.45) is 3.08. The first-order valence-electron chi connectivity index (χ1n) is 3.91. The van der Waals surface area contributed by atoms with Crippen LogP contribution >= 0.6 is 0 Å². The third-order valence-electron chi connectivity index (χ3n) is 1.92. The molecule has 3 N–H and O–H groups in total. The highest BCUT2D eigenvalue weighted by Crippen LogP contribution is 2.20. The van der Waals surface area contributed by atoms with Crippen molar-refractivity contribution in [1.82, 2.24) is 9.55 Å². The van der Waals surface area contributed by atoms with Gasteiger partial charge in [-0.05, 0) is 6.92 Å². The van der Waals surface area contributed by atoms with Crippen molar-refractivity contribution in [3.05, 3.63) is 18.2 Å². The van der Waals surface area contributed by atoms with Gasteiger partial charge in [0, 0.05) is 13.2 Å². The van der Waals surface area contributed by atoms with E-state index in [2.05, 4.69) is 4.98 Å². The number of hydrogen-bond acceptors (Lipinski definition) is 3. The standard InChI is InChI=1S/C8H13N3O2/c1-8(9,3-7(12)13)6-4-10-5-11(6)2/h4-5H,3,9H2,1-2H3,(H,12,13)/t8-/m0/s1. The van der Waals surface area contributed by atoms with Crippen molar-refractivity contribution in [3.8, 4) is 0 Å². The van der Waals surface area contributed by atoms with E-state index >= 15 is 0 Å². The number of aryl methyl sites for hydroxylation is 1. The summed E-state index contributed by atoms with van der Waals surface area (Å²) in [5, 5.41) is 8.63. The van der Waals surface area contributed by atoms with Crippen LogP contribution in [0.4, 0.5) is 0 Å². The van der Waals surface area contributed by atoms with Gasteiger partial charge in [0.1, 0.15) is 0 Å². The van der Waals surface area contributed by atoms with Gasteiger partial charge < -0.3 is 15.4 Å². The van der Waals surface area contributed by atoms with Crippen molar-refractivity contribution in [2.75, 3.05) is 0 Å². The third-order valence-corrected chi connectivity index (χ3v) is 1.92. The molecule has 5 nitrogen and oxygen atoms in total. The van der Waals surface area contributed by atoms with E-state index in [0.717, 1.165) is 5.69 Å². The van der Waals surface area contributed by atoms with Gasteiger partial charge in [0.2, 0.25) is 0 Å². The lowest BCUT2D eigenvalue weighted by Crippen LogP contribution is -2.37. The van der Waals surface area contributed by atoms with Crippen LogP contribution < -0.4 is 5.73 Å². The Bertz CT molecular complexity index is 317. The zero-order valence-electron chi connectivity index (χ0n) is 7.69. The Morgan fingerprint density at radius 3 is 2.85 bits per heavy atom. The van der Waals surface area contributed by atoms with Gasteiger partial charge in [-0.2, -0.15) is 0 Å². The lowest BCUT2D eigenvalue weighted by atomic mass is 9.95. The molecule has 1 rings (SSSR count). The highest BCUT2D eigenvalue weighted by molar-refractivity contribution is 5.68. The molecule has 0 spiro atoms. The number of aromatic nitrogens is 2. The normalized spacial score (nSPS) is 15.3. The molecular formula is C8H13N3O2. The van der Waals surface area contributed by atoms with Gasteiger partial charge in [-0.25, -0.2) is 4.98 Å². The fourth-order valence-electron chi connectivity index (χ4n) is 1.31. The SMILES string of the molecule is Cn1cncc1[C@@](C)(N)CC(=O)O. The van der Waals surface area contributed by atoms with Crippen LogP contribution in [0.1, 0.15) is 19.0 Å². The second-order valence-corrected chi connectivity index (χ2v) is 3.38. The molecule has 0 aliphatic carbocycles. The van der Waals surface area contributed by atoms with E-state index in [9.17, 15) is 4.79 Å². The van der Waals surface area contributed by atoms with E-state index in [-0.39, 0.29) is 6.42 Å². The monoisotopic (exact) mass is 183 g/mol. The Hall–Kier alpha value is -1.36. The molecule has 72 valence electrons. The zero-order chi connectivity index (χ0) is 10.1. The molecule has 13 heavy (non-hydrogen) atoms. The number of carboxylic acid groups (broad SMARTS) is 1. The maximum Gasteiger partial charge on any atom is 0.305 e. The van der Waals surface area contributed by atoms with E-state index < -0.39 is 11.5 Å². The van der Waals surface area contributed by atoms with Crippen molar-refractivity contribution in [1.29, 1.82) is 0 Å². The Morgan fingerprint density at radius 1 is 1.85 bits per heavy atom. The van der Waals surface area contributed by atoms with Crippen molar-refractivity contribution in [2.24, 2.45) is 12.8 Å². The molecule has 0 unspecified atom stereocenters. The summed E-state index contributed by atoms with van der Waals surface area (Å²) < 4.78 is 1.73. The van der Waals surface area contributed by atoms with E-state index in [1.54, 1.807) is 31.1 Å². The van der Waals surface area contributed by atoms with Gasteiger partial charge in [0.05, 0.1) is 24.0 Å². The van der Waals surface area contributed by atoms with Crippen LogP contribution in [0.2, 0.25) is 0 Å². The largest absolute Gasteiger partial charge is 0.481 e. The molecule has 5 heteroatoms. The van der Waals surface area contributed by atoms with Gasteiger partial charge in [-0.1, -0.05) is 0 Å². The maximum absolute atomic E-state index is 10.5. The maximum atomic E-state index is 10.5. The predicted molar refractivity (Wildman–Crippen MR) is 47.0 cm³/mol. The highest BCUT2D eigenvalue weighted by Gasteiger charge is 2.27. The number of carboxylic acids is 1. The first-order valence-corrected chi connectivity index (χ1v) is 3.91. The molecule has 1 atom stereocenters. The minimum Gasteiger partial charge on any atom is -0.481 e. The fourth-order valence-corrected chi connectivity index (χ4v) is 1.31. The van der Waals surface area contributed by atoms with Crippen LogP contribution in [0.25, 0.3) is 0 Å². The molecule has 1 heterocycles. The summed E-state index contributed by atoms with van der Waals surface area (Å²) in [4.78, 5) is 14.4. The van der Waals surface area contributed by atoms with Gasteiger partial charge in [0.25, 0.3) is 0 Å². The molecule has 1 aromatic rings. The Balaban J connectivity index is 2.93. The van der Waals surface area contributed by atoms with Crippen LogP contribution in [0.5, 0.6) is 0 Å². The summed E-state index contributed by atoms with van der Waals surface area (Å²) in [7, 11) is 1.79. The smallest absolute Gasteiger partial charge is 0.305 e. The van der Waals surface area contributed by atoms with E-state index in [0.29, 0.717) is 0 Å². The van der Waals surface area contributed by atoms with E-state index in [4.69, 9.17) is 10.8 Å². The fraction of sp³-hybridized carbons (Fsp3) is 0.500. The topological polar surface area (TPSA) is 81.1 Å². The molecule has 0 amide bonds. The minimum atomic E-state index is -0.911. The summed E-state index contributed by atoms with van der Waals surface area (Å²) in [5.74, 6) is -0.911. The third kappa shape index (κ3) is 2.06. The average Bonchev–Trinajstić information content (AvgIpc) is 2.32. The Kier molecular flexibility index (Phi) is 2.38. The summed E-state index contributed by atoms with van der Waals surface area (Å²) >= 11 is 0.